The lowest BCUT2D eigenvalue weighted by Crippen LogP contribution is -2.50. The Morgan fingerprint density at radius 2 is 2.41 bits per heavy atom. The third-order valence-corrected chi connectivity index (χ3v) is 5.30. The number of rotatable bonds is 1. The highest BCUT2D eigenvalue weighted by molar-refractivity contribution is 8.01. The van der Waals surface area contributed by atoms with Crippen LogP contribution in [0.4, 0.5) is 0 Å². The van der Waals surface area contributed by atoms with Crippen LogP contribution in [0.2, 0.25) is 0 Å². The summed E-state index contributed by atoms with van der Waals surface area (Å²) in [5.74, 6) is 1.53. The van der Waals surface area contributed by atoms with Crippen molar-refractivity contribution >= 4 is 23.4 Å². The van der Waals surface area contributed by atoms with E-state index in [4.69, 9.17) is 5.21 Å². The molecule has 1 N–H and O–H groups in total. The Labute approximate surface area is 106 Å². The van der Waals surface area contributed by atoms with Crippen LogP contribution in [0, 0.1) is 5.92 Å². The van der Waals surface area contributed by atoms with Gasteiger partial charge in [0.15, 0.2) is 0 Å². The summed E-state index contributed by atoms with van der Waals surface area (Å²) in [5.41, 5.74) is 0.818. The van der Waals surface area contributed by atoms with E-state index in [1.165, 1.54) is 0 Å². The predicted molar refractivity (Wildman–Crippen MR) is 69.7 cm³/mol. The second-order valence-corrected chi connectivity index (χ2v) is 6.77. The van der Waals surface area contributed by atoms with Gasteiger partial charge < -0.3 is 10.1 Å². The number of likely N-dealkylation sites (tertiary alicyclic amines) is 1. The number of piperidine rings is 1. The number of thioether (sulfide) groups is 1. The maximum absolute atomic E-state index is 12.5. The van der Waals surface area contributed by atoms with E-state index in [2.05, 4.69) is 12.1 Å². The Morgan fingerprint density at radius 1 is 1.65 bits per heavy atom. The number of oxime groups is 1. The molecule has 0 aromatic rings. The molecule has 2 unspecified atom stereocenters. The topological polar surface area (TPSA) is 52.9 Å². The second-order valence-electron chi connectivity index (χ2n) is 5.18. The number of amides is 1. The summed E-state index contributed by atoms with van der Waals surface area (Å²) in [6.07, 6.45) is 2.83. The van der Waals surface area contributed by atoms with E-state index in [0.717, 1.165) is 24.3 Å². The van der Waals surface area contributed by atoms with Crippen molar-refractivity contribution in [1.29, 1.82) is 0 Å². The summed E-state index contributed by atoms with van der Waals surface area (Å²) >= 11 is 1.78. The lowest BCUT2D eigenvalue weighted by Gasteiger charge is -2.36. The van der Waals surface area contributed by atoms with E-state index >= 15 is 0 Å². The summed E-state index contributed by atoms with van der Waals surface area (Å²) in [6.45, 7) is 5.46. The van der Waals surface area contributed by atoms with Crippen molar-refractivity contribution in [2.24, 2.45) is 11.1 Å². The molecule has 2 aliphatic heterocycles. The first-order valence-corrected chi connectivity index (χ1v) is 7.19. The molecule has 4 nitrogen and oxygen atoms in total. The third-order valence-electron chi connectivity index (χ3n) is 3.79. The molecule has 0 saturated carbocycles. The lowest BCUT2D eigenvalue weighted by molar-refractivity contribution is -0.134. The van der Waals surface area contributed by atoms with E-state index in [-0.39, 0.29) is 16.6 Å². The average molecular weight is 256 g/mol. The van der Waals surface area contributed by atoms with E-state index in [9.17, 15) is 4.79 Å². The molecule has 1 amide bonds. The van der Waals surface area contributed by atoms with Crippen LogP contribution in [0.15, 0.2) is 5.16 Å². The van der Waals surface area contributed by atoms with Crippen LogP contribution < -0.4 is 0 Å². The molecule has 2 rings (SSSR count). The fraction of sp³-hybridized carbons (Fsp3) is 0.833. The van der Waals surface area contributed by atoms with Gasteiger partial charge in [-0.3, -0.25) is 4.79 Å². The van der Waals surface area contributed by atoms with E-state index < -0.39 is 0 Å². The van der Waals surface area contributed by atoms with Gasteiger partial charge in [-0.25, -0.2) is 0 Å². The van der Waals surface area contributed by atoms with Crippen LogP contribution in [0.3, 0.4) is 0 Å². The number of hydrogen-bond acceptors (Lipinski definition) is 4. The Bertz CT molecular complexity index is 337. The Kier molecular flexibility index (Phi) is 3.66. The highest BCUT2D eigenvalue weighted by atomic mass is 32.2. The first kappa shape index (κ1) is 12.7. The van der Waals surface area contributed by atoms with Crippen molar-refractivity contribution in [2.45, 2.75) is 37.9 Å². The van der Waals surface area contributed by atoms with Crippen molar-refractivity contribution in [2.75, 3.05) is 18.8 Å². The Balaban J connectivity index is 2.02. The minimum Gasteiger partial charge on any atom is -0.411 e. The zero-order chi connectivity index (χ0) is 12.5. The number of nitrogens with zero attached hydrogens (tertiary/aromatic N) is 2. The monoisotopic (exact) mass is 256 g/mol. The summed E-state index contributed by atoms with van der Waals surface area (Å²) in [7, 11) is 0. The quantitative estimate of drug-likeness (QED) is 0.576. The van der Waals surface area contributed by atoms with Gasteiger partial charge in [0, 0.05) is 25.4 Å². The molecule has 2 saturated heterocycles. The average Bonchev–Trinajstić information content (AvgIpc) is 2.76. The molecule has 0 aromatic heterocycles. The van der Waals surface area contributed by atoms with Crippen molar-refractivity contribution in [3.8, 4) is 0 Å². The maximum Gasteiger partial charge on any atom is 0.238 e. The molecule has 96 valence electrons. The molecule has 2 atom stereocenters. The van der Waals surface area contributed by atoms with Crippen LogP contribution in [0.5, 0.6) is 0 Å². The molecule has 0 aliphatic carbocycles. The van der Waals surface area contributed by atoms with Gasteiger partial charge in [-0.15, -0.1) is 11.8 Å². The zero-order valence-corrected chi connectivity index (χ0v) is 11.3. The molecule has 2 fully saturated rings. The minimum absolute atomic E-state index is 0.174. The summed E-state index contributed by atoms with van der Waals surface area (Å²) < 4.78 is -0.215. The molecular formula is C12H20N2O2S. The van der Waals surface area contributed by atoms with Crippen molar-refractivity contribution in [1.82, 2.24) is 4.90 Å². The van der Waals surface area contributed by atoms with Gasteiger partial charge >= 0.3 is 0 Å². The van der Waals surface area contributed by atoms with Crippen LogP contribution in [0.1, 0.15) is 33.1 Å². The third kappa shape index (κ3) is 2.44. The smallest absolute Gasteiger partial charge is 0.238 e. The first-order chi connectivity index (χ1) is 8.07. The largest absolute Gasteiger partial charge is 0.411 e. The van der Waals surface area contributed by atoms with Gasteiger partial charge in [-0.2, -0.15) is 0 Å². The van der Waals surface area contributed by atoms with Crippen molar-refractivity contribution < 1.29 is 10.0 Å². The predicted octanol–water partition coefficient (Wildman–Crippen LogP) is 1.97. The van der Waals surface area contributed by atoms with E-state index in [0.29, 0.717) is 19.5 Å². The van der Waals surface area contributed by atoms with Gasteiger partial charge in [-0.05, 0) is 25.5 Å². The van der Waals surface area contributed by atoms with Crippen LogP contribution in [0.25, 0.3) is 0 Å². The first-order valence-electron chi connectivity index (χ1n) is 6.21. The molecule has 17 heavy (non-hydrogen) atoms. The molecule has 0 aromatic carbocycles. The molecule has 2 aliphatic rings. The SMILES string of the molecule is CC1CN(C(=O)C2(C)CCCS2)CCC1=NO. The zero-order valence-electron chi connectivity index (χ0n) is 10.5. The van der Waals surface area contributed by atoms with Crippen molar-refractivity contribution in [3.05, 3.63) is 0 Å². The molecule has 0 radical (unpaired) electrons. The van der Waals surface area contributed by atoms with Gasteiger partial charge in [0.25, 0.3) is 0 Å². The van der Waals surface area contributed by atoms with E-state index in [1.54, 1.807) is 11.8 Å². The van der Waals surface area contributed by atoms with Crippen LogP contribution in [-0.4, -0.2) is 45.3 Å². The van der Waals surface area contributed by atoms with Crippen molar-refractivity contribution in [3.63, 3.8) is 0 Å². The fourth-order valence-corrected chi connectivity index (χ4v) is 3.92. The molecule has 5 heteroatoms. The number of carbonyl (C=O) groups excluding carboxylic acids is 1. The van der Waals surface area contributed by atoms with E-state index in [1.807, 2.05) is 11.8 Å². The normalized spacial score (nSPS) is 36.5. The van der Waals surface area contributed by atoms with Gasteiger partial charge in [0.2, 0.25) is 5.91 Å². The van der Waals surface area contributed by atoms with Gasteiger partial charge in [0.1, 0.15) is 0 Å². The number of carbonyl (C=O) groups is 1. The summed E-state index contributed by atoms with van der Waals surface area (Å²) in [6, 6.07) is 0. The van der Waals surface area contributed by atoms with Gasteiger partial charge in [0.05, 0.1) is 10.5 Å². The fourth-order valence-electron chi connectivity index (χ4n) is 2.64. The summed E-state index contributed by atoms with van der Waals surface area (Å²) in [4.78, 5) is 14.4. The molecular weight excluding hydrogens is 236 g/mol. The number of hydrogen-bond donors (Lipinski definition) is 1. The maximum atomic E-state index is 12.5. The Hall–Kier alpha value is -0.710. The van der Waals surface area contributed by atoms with Crippen LogP contribution >= 0.6 is 11.8 Å². The lowest BCUT2D eigenvalue weighted by atomic mass is 9.95. The second kappa shape index (κ2) is 4.88. The van der Waals surface area contributed by atoms with Crippen LogP contribution in [-0.2, 0) is 4.79 Å². The highest BCUT2D eigenvalue weighted by Gasteiger charge is 2.41. The highest BCUT2D eigenvalue weighted by Crippen LogP contribution is 2.39. The standard InChI is InChI=1S/C12H20N2O2S/c1-9-8-14(6-4-10(9)13-16)11(15)12(2)5-3-7-17-12/h9,16H,3-8H2,1-2H3. The molecule has 0 spiro atoms. The molecule has 2 heterocycles. The Morgan fingerprint density at radius 3 is 2.94 bits per heavy atom. The summed E-state index contributed by atoms with van der Waals surface area (Å²) in [5, 5.41) is 12.1. The minimum atomic E-state index is -0.215. The molecule has 0 bridgehead atoms. The van der Waals surface area contributed by atoms with Gasteiger partial charge in [-0.1, -0.05) is 12.1 Å².